The van der Waals surface area contributed by atoms with Gasteiger partial charge in [0.1, 0.15) is 5.78 Å². The highest BCUT2D eigenvalue weighted by molar-refractivity contribution is 5.82. The van der Waals surface area contributed by atoms with Gasteiger partial charge in [0.25, 0.3) is 0 Å². The maximum Gasteiger partial charge on any atom is 0.136 e. The summed E-state index contributed by atoms with van der Waals surface area (Å²) in [7, 11) is 0. The summed E-state index contributed by atoms with van der Waals surface area (Å²) >= 11 is 0. The molecule has 5 atom stereocenters. The largest absolute Gasteiger partial charge is 0.299 e. The summed E-state index contributed by atoms with van der Waals surface area (Å²) in [5, 5.41) is 0. The lowest BCUT2D eigenvalue weighted by Gasteiger charge is -2.48. The molecular weight excluding hydrogens is 196 g/mol. The van der Waals surface area contributed by atoms with Crippen LogP contribution in [0.15, 0.2) is 0 Å². The molecule has 0 saturated heterocycles. The summed E-state index contributed by atoms with van der Waals surface area (Å²) in [5.41, 5.74) is 0. The summed E-state index contributed by atoms with van der Waals surface area (Å²) in [4.78, 5) is 12.1. The van der Waals surface area contributed by atoms with Crippen LogP contribution in [0, 0.1) is 29.6 Å². The second kappa shape index (κ2) is 4.16. The fourth-order valence-corrected chi connectivity index (χ4v) is 4.85. The van der Waals surface area contributed by atoms with E-state index in [9.17, 15) is 4.79 Å². The Labute approximate surface area is 99.0 Å². The topological polar surface area (TPSA) is 17.1 Å². The molecule has 1 heteroatoms. The van der Waals surface area contributed by atoms with Crippen LogP contribution in [0.5, 0.6) is 0 Å². The average molecular weight is 220 g/mol. The standard InChI is InChI=1S/C15H24O/c1-10-8-14-12-5-3-2-4-11(12)6-7-13(14)15(16)9-10/h10-14H,2-9H2,1H3. The molecule has 16 heavy (non-hydrogen) atoms. The fourth-order valence-electron chi connectivity index (χ4n) is 4.85. The molecule has 0 amide bonds. The molecule has 0 aromatic rings. The van der Waals surface area contributed by atoms with Crippen molar-refractivity contribution in [2.75, 3.05) is 0 Å². The van der Waals surface area contributed by atoms with E-state index in [1.54, 1.807) is 0 Å². The number of carbonyl (C=O) groups is 1. The van der Waals surface area contributed by atoms with E-state index in [0.29, 0.717) is 17.6 Å². The number of rotatable bonds is 0. The lowest BCUT2D eigenvalue weighted by molar-refractivity contribution is -0.133. The average Bonchev–Trinajstić information content (AvgIpc) is 2.28. The summed E-state index contributed by atoms with van der Waals surface area (Å²) in [6.07, 6.45) is 10.5. The van der Waals surface area contributed by atoms with E-state index in [1.165, 1.54) is 44.9 Å². The van der Waals surface area contributed by atoms with Gasteiger partial charge < -0.3 is 0 Å². The normalized spacial score (nSPS) is 48.3. The first-order valence-electron chi connectivity index (χ1n) is 7.28. The molecular formula is C15H24O. The predicted octanol–water partition coefficient (Wildman–Crippen LogP) is 3.82. The monoisotopic (exact) mass is 220 g/mol. The molecule has 0 aromatic heterocycles. The molecule has 3 rings (SSSR count). The Morgan fingerprint density at radius 3 is 2.69 bits per heavy atom. The minimum Gasteiger partial charge on any atom is -0.299 e. The van der Waals surface area contributed by atoms with Crippen LogP contribution in [-0.2, 0) is 4.79 Å². The van der Waals surface area contributed by atoms with Crippen LogP contribution in [0.2, 0.25) is 0 Å². The SMILES string of the molecule is CC1CC(=O)C2CCC3CCCCC3C2C1. The van der Waals surface area contributed by atoms with Gasteiger partial charge in [-0.05, 0) is 49.4 Å². The smallest absolute Gasteiger partial charge is 0.136 e. The molecule has 3 fully saturated rings. The van der Waals surface area contributed by atoms with E-state index < -0.39 is 0 Å². The summed E-state index contributed by atoms with van der Waals surface area (Å²) in [6.45, 7) is 2.28. The third-order valence-electron chi connectivity index (χ3n) is 5.52. The van der Waals surface area contributed by atoms with Gasteiger partial charge in [0.2, 0.25) is 0 Å². The van der Waals surface area contributed by atoms with Crippen molar-refractivity contribution in [2.24, 2.45) is 29.6 Å². The number of carbonyl (C=O) groups excluding carboxylic acids is 1. The first-order valence-corrected chi connectivity index (χ1v) is 7.28. The van der Waals surface area contributed by atoms with Gasteiger partial charge in [-0.25, -0.2) is 0 Å². The number of ketones is 1. The maximum absolute atomic E-state index is 12.1. The van der Waals surface area contributed by atoms with Crippen molar-refractivity contribution in [1.29, 1.82) is 0 Å². The second-order valence-electron chi connectivity index (χ2n) is 6.57. The highest BCUT2D eigenvalue weighted by atomic mass is 16.1. The van der Waals surface area contributed by atoms with E-state index in [1.807, 2.05) is 0 Å². The van der Waals surface area contributed by atoms with Crippen molar-refractivity contribution in [1.82, 2.24) is 0 Å². The van der Waals surface area contributed by atoms with Crippen LogP contribution in [0.25, 0.3) is 0 Å². The lowest BCUT2D eigenvalue weighted by Crippen LogP contribution is -2.43. The van der Waals surface area contributed by atoms with Crippen molar-refractivity contribution in [2.45, 2.75) is 58.3 Å². The van der Waals surface area contributed by atoms with Crippen molar-refractivity contribution < 1.29 is 4.79 Å². The molecule has 0 heterocycles. The molecule has 0 N–H and O–H groups in total. The molecule has 3 saturated carbocycles. The van der Waals surface area contributed by atoms with Gasteiger partial charge in [-0.15, -0.1) is 0 Å². The van der Waals surface area contributed by atoms with Gasteiger partial charge in [0, 0.05) is 12.3 Å². The summed E-state index contributed by atoms with van der Waals surface area (Å²) in [5.74, 6) is 4.40. The Kier molecular flexibility index (Phi) is 2.81. The Morgan fingerprint density at radius 1 is 1.00 bits per heavy atom. The first kappa shape index (κ1) is 10.8. The highest BCUT2D eigenvalue weighted by Gasteiger charge is 2.45. The minimum absolute atomic E-state index is 0.468. The molecule has 1 nitrogen and oxygen atoms in total. The quantitative estimate of drug-likeness (QED) is 0.606. The number of fused-ring (bicyclic) bond motifs is 3. The van der Waals surface area contributed by atoms with Crippen LogP contribution in [0.1, 0.15) is 58.3 Å². The van der Waals surface area contributed by atoms with E-state index in [4.69, 9.17) is 0 Å². The summed E-state index contributed by atoms with van der Waals surface area (Å²) < 4.78 is 0. The zero-order chi connectivity index (χ0) is 11.1. The predicted molar refractivity (Wildman–Crippen MR) is 65.1 cm³/mol. The molecule has 3 aliphatic rings. The molecule has 0 spiro atoms. The number of hydrogen-bond acceptors (Lipinski definition) is 1. The molecule has 0 bridgehead atoms. The molecule has 90 valence electrons. The van der Waals surface area contributed by atoms with Gasteiger partial charge in [-0.2, -0.15) is 0 Å². The third kappa shape index (κ3) is 1.72. The van der Waals surface area contributed by atoms with Crippen LogP contribution < -0.4 is 0 Å². The Bertz CT molecular complexity index is 283. The van der Waals surface area contributed by atoms with Crippen LogP contribution >= 0.6 is 0 Å². The van der Waals surface area contributed by atoms with E-state index >= 15 is 0 Å². The number of hydrogen-bond donors (Lipinski definition) is 0. The molecule has 5 unspecified atom stereocenters. The van der Waals surface area contributed by atoms with Crippen LogP contribution in [-0.4, -0.2) is 5.78 Å². The summed E-state index contributed by atoms with van der Waals surface area (Å²) in [6, 6.07) is 0. The van der Waals surface area contributed by atoms with E-state index in [0.717, 1.165) is 24.2 Å². The molecule has 3 aliphatic carbocycles. The maximum atomic E-state index is 12.1. The van der Waals surface area contributed by atoms with Gasteiger partial charge in [0.15, 0.2) is 0 Å². The third-order valence-corrected chi connectivity index (χ3v) is 5.52. The van der Waals surface area contributed by atoms with E-state index in [-0.39, 0.29) is 0 Å². The zero-order valence-corrected chi connectivity index (χ0v) is 10.5. The van der Waals surface area contributed by atoms with Gasteiger partial charge >= 0.3 is 0 Å². The highest BCUT2D eigenvalue weighted by Crippen LogP contribution is 2.51. The van der Waals surface area contributed by atoms with Crippen LogP contribution in [0.4, 0.5) is 0 Å². The van der Waals surface area contributed by atoms with Crippen molar-refractivity contribution in [3.8, 4) is 0 Å². The Balaban J connectivity index is 1.80. The molecule has 0 radical (unpaired) electrons. The fraction of sp³-hybridized carbons (Fsp3) is 0.933. The lowest BCUT2D eigenvalue weighted by atomic mass is 9.56. The number of Topliss-reactive ketones (excluding diaryl/α,β-unsaturated/α-hetero) is 1. The van der Waals surface area contributed by atoms with Crippen LogP contribution in [0.3, 0.4) is 0 Å². The van der Waals surface area contributed by atoms with Gasteiger partial charge in [-0.3, -0.25) is 4.79 Å². The van der Waals surface area contributed by atoms with Crippen molar-refractivity contribution in [3.05, 3.63) is 0 Å². The van der Waals surface area contributed by atoms with Gasteiger partial charge in [-0.1, -0.05) is 26.2 Å². The van der Waals surface area contributed by atoms with Crippen molar-refractivity contribution in [3.63, 3.8) is 0 Å². The molecule has 0 aliphatic heterocycles. The second-order valence-corrected chi connectivity index (χ2v) is 6.57. The minimum atomic E-state index is 0.468. The Morgan fingerprint density at radius 2 is 1.81 bits per heavy atom. The first-order chi connectivity index (χ1) is 7.75. The van der Waals surface area contributed by atoms with Gasteiger partial charge in [0.05, 0.1) is 0 Å². The Hall–Kier alpha value is -0.330. The van der Waals surface area contributed by atoms with Crippen molar-refractivity contribution >= 4 is 5.78 Å². The molecule has 0 aromatic carbocycles. The zero-order valence-electron chi connectivity index (χ0n) is 10.5. The van der Waals surface area contributed by atoms with E-state index in [2.05, 4.69) is 6.92 Å².